The van der Waals surface area contributed by atoms with E-state index in [1.807, 2.05) is 24.3 Å². The van der Waals surface area contributed by atoms with Gasteiger partial charge in [-0.2, -0.15) is 4.31 Å². The lowest BCUT2D eigenvalue weighted by Gasteiger charge is -2.22. The Labute approximate surface area is 192 Å². The number of methoxy groups -OCH3 is 1. The highest BCUT2D eigenvalue weighted by molar-refractivity contribution is 7.89. The van der Waals surface area contributed by atoms with Gasteiger partial charge in [-0.05, 0) is 43.2 Å². The molecule has 1 saturated heterocycles. The molecule has 1 aliphatic rings. The van der Waals surface area contributed by atoms with Gasteiger partial charge in [0.1, 0.15) is 10.8 Å². The standard InChI is InChI=1S/C23H27N3O4S2/c1-25(16-22-24-19-9-5-6-10-21(19)31-22)23(27)18-15-17(11-12-20(18)30-2)32(28,29)26-13-7-3-4-8-14-26/h5-6,9-12,15H,3-4,7-8,13-14,16H2,1-2H3. The van der Waals surface area contributed by atoms with Crippen molar-refractivity contribution in [3.8, 4) is 5.75 Å². The van der Waals surface area contributed by atoms with Gasteiger partial charge in [-0.25, -0.2) is 13.4 Å². The molecule has 1 fully saturated rings. The van der Waals surface area contributed by atoms with E-state index in [0.717, 1.165) is 40.9 Å². The largest absolute Gasteiger partial charge is 0.496 e. The summed E-state index contributed by atoms with van der Waals surface area (Å²) in [6.07, 6.45) is 3.78. The number of fused-ring (bicyclic) bond motifs is 1. The number of sulfonamides is 1. The maximum Gasteiger partial charge on any atom is 0.257 e. The Kier molecular flexibility index (Phi) is 6.78. The highest BCUT2D eigenvalue weighted by Crippen LogP contribution is 2.28. The van der Waals surface area contributed by atoms with E-state index < -0.39 is 10.0 Å². The fourth-order valence-electron chi connectivity index (χ4n) is 3.91. The minimum Gasteiger partial charge on any atom is -0.496 e. The van der Waals surface area contributed by atoms with Crippen molar-refractivity contribution in [2.24, 2.45) is 0 Å². The predicted molar refractivity (Wildman–Crippen MR) is 126 cm³/mol. The average molecular weight is 474 g/mol. The first-order valence-corrected chi connectivity index (χ1v) is 12.9. The van der Waals surface area contributed by atoms with Gasteiger partial charge in [0, 0.05) is 20.1 Å². The number of rotatable bonds is 6. The zero-order chi connectivity index (χ0) is 22.7. The number of hydrogen-bond donors (Lipinski definition) is 0. The summed E-state index contributed by atoms with van der Waals surface area (Å²) in [5.41, 5.74) is 1.13. The van der Waals surface area contributed by atoms with E-state index in [4.69, 9.17) is 4.74 Å². The molecule has 0 N–H and O–H groups in total. The zero-order valence-electron chi connectivity index (χ0n) is 18.3. The van der Waals surface area contributed by atoms with E-state index in [9.17, 15) is 13.2 Å². The first kappa shape index (κ1) is 22.7. The minimum absolute atomic E-state index is 0.122. The summed E-state index contributed by atoms with van der Waals surface area (Å²) in [5, 5.41) is 0.814. The van der Waals surface area contributed by atoms with Crippen LogP contribution in [-0.2, 0) is 16.6 Å². The molecule has 1 aromatic heterocycles. The summed E-state index contributed by atoms with van der Waals surface area (Å²) in [6, 6.07) is 12.3. The molecular formula is C23H27N3O4S2. The Morgan fingerprint density at radius 2 is 1.84 bits per heavy atom. The lowest BCUT2D eigenvalue weighted by molar-refractivity contribution is 0.0781. The molecule has 2 aromatic carbocycles. The van der Waals surface area contributed by atoms with Crippen LogP contribution in [0.1, 0.15) is 41.0 Å². The number of ether oxygens (including phenoxy) is 1. The number of aromatic nitrogens is 1. The SMILES string of the molecule is COc1ccc(S(=O)(=O)N2CCCCCC2)cc1C(=O)N(C)Cc1nc2ccccc2s1. The average Bonchev–Trinajstić information content (AvgIpc) is 3.00. The Bertz CT molecular complexity index is 1180. The smallest absolute Gasteiger partial charge is 0.257 e. The molecule has 9 heteroatoms. The summed E-state index contributed by atoms with van der Waals surface area (Å²) >= 11 is 1.54. The molecule has 2 heterocycles. The number of amides is 1. The van der Waals surface area contributed by atoms with E-state index in [-0.39, 0.29) is 16.4 Å². The third-order valence-electron chi connectivity index (χ3n) is 5.66. The van der Waals surface area contributed by atoms with Crippen LogP contribution in [0.15, 0.2) is 47.4 Å². The second-order valence-corrected chi connectivity index (χ2v) is 11.0. The van der Waals surface area contributed by atoms with Crippen molar-refractivity contribution in [2.75, 3.05) is 27.2 Å². The summed E-state index contributed by atoms with van der Waals surface area (Å²) in [6.45, 7) is 1.34. The molecule has 0 atom stereocenters. The number of para-hydroxylation sites is 1. The molecule has 0 saturated carbocycles. The summed E-state index contributed by atoms with van der Waals surface area (Å²) in [5.74, 6) is 0.0370. The minimum atomic E-state index is -3.67. The molecule has 3 aromatic rings. The molecule has 0 aliphatic carbocycles. The van der Waals surface area contributed by atoms with Crippen molar-refractivity contribution in [2.45, 2.75) is 37.1 Å². The van der Waals surface area contributed by atoms with Crippen LogP contribution >= 0.6 is 11.3 Å². The monoisotopic (exact) mass is 473 g/mol. The number of hydrogen-bond acceptors (Lipinski definition) is 6. The Hall–Kier alpha value is -2.49. The van der Waals surface area contributed by atoms with Gasteiger partial charge in [0.25, 0.3) is 5.91 Å². The van der Waals surface area contributed by atoms with Gasteiger partial charge in [-0.3, -0.25) is 4.79 Å². The fourth-order valence-corrected chi connectivity index (χ4v) is 6.48. The van der Waals surface area contributed by atoms with Gasteiger partial charge in [-0.1, -0.05) is 25.0 Å². The molecule has 1 aliphatic heterocycles. The number of benzene rings is 2. The molecule has 0 bridgehead atoms. The first-order valence-electron chi connectivity index (χ1n) is 10.7. The van der Waals surface area contributed by atoms with Gasteiger partial charge in [-0.15, -0.1) is 11.3 Å². The normalized spacial score (nSPS) is 15.4. The third kappa shape index (κ3) is 4.65. The van der Waals surface area contributed by atoms with Crippen molar-refractivity contribution in [1.82, 2.24) is 14.2 Å². The lowest BCUT2D eigenvalue weighted by Crippen LogP contribution is -2.32. The van der Waals surface area contributed by atoms with Gasteiger partial charge in [0.15, 0.2) is 0 Å². The Balaban J connectivity index is 1.60. The van der Waals surface area contributed by atoms with Crippen molar-refractivity contribution < 1.29 is 17.9 Å². The van der Waals surface area contributed by atoms with Crippen LogP contribution < -0.4 is 4.74 Å². The molecule has 0 spiro atoms. The van der Waals surface area contributed by atoms with Crippen LogP contribution in [0.25, 0.3) is 10.2 Å². The van der Waals surface area contributed by atoms with E-state index in [1.54, 1.807) is 13.1 Å². The van der Waals surface area contributed by atoms with Crippen molar-refractivity contribution >= 4 is 37.5 Å². The van der Waals surface area contributed by atoms with Crippen LogP contribution in [0.2, 0.25) is 0 Å². The lowest BCUT2D eigenvalue weighted by atomic mass is 10.1. The maximum atomic E-state index is 13.3. The van der Waals surface area contributed by atoms with E-state index >= 15 is 0 Å². The Morgan fingerprint density at radius 3 is 2.53 bits per heavy atom. The first-order chi connectivity index (χ1) is 15.4. The molecule has 170 valence electrons. The van der Waals surface area contributed by atoms with Crippen LogP contribution in [0, 0.1) is 0 Å². The second kappa shape index (κ2) is 9.56. The predicted octanol–water partition coefficient (Wildman–Crippen LogP) is 4.14. The van der Waals surface area contributed by atoms with Gasteiger partial charge in [0.05, 0.1) is 34.3 Å². The molecule has 4 rings (SSSR count). The van der Waals surface area contributed by atoms with Gasteiger partial charge < -0.3 is 9.64 Å². The van der Waals surface area contributed by atoms with Crippen LogP contribution in [0.3, 0.4) is 0 Å². The molecular weight excluding hydrogens is 446 g/mol. The quantitative estimate of drug-likeness (QED) is 0.538. The van der Waals surface area contributed by atoms with E-state index in [0.29, 0.717) is 25.4 Å². The highest BCUT2D eigenvalue weighted by atomic mass is 32.2. The number of carbonyl (C=O) groups is 1. The second-order valence-electron chi connectivity index (χ2n) is 7.92. The van der Waals surface area contributed by atoms with E-state index in [2.05, 4.69) is 4.98 Å². The van der Waals surface area contributed by atoms with Gasteiger partial charge >= 0.3 is 0 Å². The molecule has 7 nitrogen and oxygen atoms in total. The zero-order valence-corrected chi connectivity index (χ0v) is 19.9. The number of nitrogens with zero attached hydrogens (tertiary/aromatic N) is 3. The Morgan fingerprint density at radius 1 is 1.12 bits per heavy atom. The van der Waals surface area contributed by atoms with Crippen molar-refractivity contribution in [1.29, 1.82) is 0 Å². The van der Waals surface area contributed by atoms with Gasteiger partial charge in [0.2, 0.25) is 10.0 Å². The number of carbonyl (C=O) groups excluding carboxylic acids is 1. The summed E-state index contributed by atoms with van der Waals surface area (Å²) in [4.78, 5) is 19.5. The highest BCUT2D eigenvalue weighted by Gasteiger charge is 2.28. The molecule has 0 unspecified atom stereocenters. The maximum absolute atomic E-state index is 13.3. The summed E-state index contributed by atoms with van der Waals surface area (Å²) < 4.78 is 34.4. The molecule has 0 radical (unpaired) electrons. The van der Waals surface area contributed by atoms with E-state index in [1.165, 1.54) is 39.8 Å². The molecule has 32 heavy (non-hydrogen) atoms. The number of thiazole rings is 1. The third-order valence-corrected chi connectivity index (χ3v) is 8.58. The topological polar surface area (TPSA) is 79.8 Å². The molecule has 1 amide bonds. The van der Waals surface area contributed by atoms with Crippen LogP contribution in [-0.4, -0.2) is 55.8 Å². The fraction of sp³-hybridized carbons (Fsp3) is 0.391. The van der Waals surface area contributed by atoms with Crippen LogP contribution in [0.4, 0.5) is 0 Å². The van der Waals surface area contributed by atoms with Crippen molar-refractivity contribution in [3.63, 3.8) is 0 Å². The van der Waals surface area contributed by atoms with Crippen molar-refractivity contribution in [3.05, 3.63) is 53.0 Å². The van der Waals surface area contributed by atoms with Crippen LogP contribution in [0.5, 0.6) is 5.75 Å². The summed E-state index contributed by atoms with van der Waals surface area (Å²) in [7, 11) is -0.512.